The number of nitro benzene ring substituents is 1. The molecule has 1 N–H and O–H groups in total. The fourth-order valence-electron chi connectivity index (χ4n) is 3.82. The lowest BCUT2D eigenvalue weighted by molar-refractivity contribution is -0.384. The molecular weight excluding hydrogens is 436 g/mol. The Balaban J connectivity index is 2.07. The van der Waals surface area contributed by atoms with Crippen LogP contribution in [0.15, 0.2) is 77.1 Å². The zero-order chi connectivity index (χ0) is 25.0. The number of carbonyl (C=O) groups is 2. The molecule has 1 atom stereocenters. The number of nitrogens with zero attached hydrogens (tertiary/aromatic N) is 1. The van der Waals surface area contributed by atoms with Crippen molar-refractivity contribution in [3.63, 3.8) is 0 Å². The maximum absolute atomic E-state index is 13.3. The predicted octanol–water partition coefficient (Wildman–Crippen LogP) is 4.91. The quantitative estimate of drug-likeness (QED) is 0.367. The molecule has 3 rings (SSSR count). The highest BCUT2D eigenvalue weighted by Crippen LogP contribution is 2.40. The third-order valence-electron chi connectivity index (χ3n) is 5.23. The first kappa shape index (κ1) is 24.7. The number of benzene rings is 2. The van der Waals surface area contributed by atoms with Crippen LogP contribution in [-0.4, -0.2) is 22.5 Å². The lowest BCUT2D eigenvalue weighted by Crippen LogP contribution is -2.35. The van der Waals surface area contributed by atoms with E-state index in [1.165, 1.54) is 18.2 Å². The highest BCUT2D eigenvalue weighted by atomic mass is 16.6. The molecule has 0 fully saturated rings. The molecule has 2 aromatic carbocycles. The van der Waals surface area contributed by atoms with Gasteiger partial charge in [-0.3, -0.25) is 10.1 Å². The molecule has 0 unspecified atom stereocenters. The van der Waals surface area contributed by atoms with Gasteiger partial charge in [0.1, 0.15) is 12.2 Å². The molecule has 0 saturated heterocycles. The fourth-order valence-corrected chi connectivity index (χ4v) is 3.82. The summed E-state index contributed by atoms with van der Waals surface area (Å²) in [7, 11) is 0. The number of hydrogen-bond donors (Lipinski definition) is 1. The summed E-state index contributed by atoms with van der Waals surface area (Å²) in [5.41, 5.74) is 1.71. The molecule has 1 heterocycles. The fraction of sp³-hybridized carbons (Fsp3) is 0.308. The maximum Gasteiger partial charge on any atom is 0.337 e. The highest BCUT2D eigenvalue weighted by Gasteiger charge is 2.39. The molecule has 2 aromatic rings. The lowest BCUT2D eigenvalue weighted by Gasteiger charge is -2.32. The Morgan fingerprint density at radius 3 is 2.18 bits per heavy atom. The van der Waals surface area contributed by atoms with Crippen molar-refractivity contribution in [2.45, 2.75) is 52.7 Å². The Hall–Kier alpha value is -3.94. The largest absolute Gasteiger partial charge is 0.457 e. The molecule has 1 aliphatic rings. The SMILES string of the molecule is CC1=C(C(=O)OCc2ccccc2)[C@@H](c2cccc([N+](=O)[O-])c2)C(C(=O)OC(C)(C)C)=C(C)N1. The van der Waals surface area contributed by atoms with Crippen molar-refractivity contribution >= 4 is 17.6 Å². The number of non-ortho nitro benzene ring substituents is 1. The Morgan fingerprint density at radius 1 is 0.971 bits per heavy atom. The summed E-state index contributed by atoms with van der Waals surface area (Å²) in [4.78, 5) is 37.5. The zero-order valence-corrected chi connectivity index (χ0v) is 19.9. The Bertz CT molecular complexity index is 1180. The van der Waals surface area contributed by atoms with E-state index in [9.17, 15) is 19.7 Å². The number of nitro groups is 1. The monoisotopic (exact) mass is 464 g/mol. The topological polar surface area (TPSA) is 108 Å². The predicted molar refractivity (Wildman–Crippen MR) is 126 cm³/mol. The first-order chi connectivity index (χ1) is 16.0. The minimum absolute atomic E-state index is 0.0442. The molecule has 0 amide bonds. The van der Waals surface area contributed by atoms with Gasteiger partial charge >= 0.3 is 11.9 Å². The molecule has 0 aliphatic carbocycles. The van der Waals surface area contributed by atoms with Gasteiger partial charge < -0.3 is 14.8 Å². The van der Waals surface area contributed by atoms with Gasteiger partial charge in [0.05, 0.1) is 22.0 Å². The number of dihydropyridines is 1. The van der Waals surface area contributed by atoms with Crippen molar-refractivity contribution in [2.24, 2.45) is 0 Å². The van der Waals surface area contributed by atoms with Crippen molar-refractivity contribution < 1.29 is 24.0 Å². The summed E-state index contributed by atoms with van der Waals surface area (Å²) in [6.45, 7) is 8.70. The summed E-state index contributed by atoms with van der Waals surface area (Å²) < 4.78 is 11.2. The first-order valence-electron chi connectivity index (χ1n) is 10.8. The van der Waals surface area contributed by atoms with Crippen molar-refractivity contribution in [1.29, 1.82) is 0 Å². The van der Waals surface area contributed by atoms with Gasteiger partial charge in [-0.1, -0.05) is 42.5 Å². The van der Waals surface area contributed by atoms with Crippen molar-refractivity contribution in [2.75, 3.05) is 0 Å². The summed E-state index contributed by atoms with van der Waals surface area (Å²) in [5.74, 6) is -2.15. The Morgan fingerprint density at radius 2 is 1.59 bits per heavy atom. The van der Waals surface area contributed by atoms with Crippen LogP contribution >= 0.6 is 0 Å². The van der Waals surface area contributed by atoms with Crippen LogP contribution in [0.2, 0.25) is 0 Å². The maximum atomic E-state index is 13.3. The van der Waals surface area contributed by atoms with Gasteiger partial charge in [-0.05, 0) is 45.7 Å². The van der Waals surface area contributed by atoms with E-state index in [4.69, 9.17) is 9.47 Å². The van der Waals surface area contributed by atoms with Gasteiger partial charge in [-0.2, -0.15) is 0 Å². The zero-order valence-electron chi connectivity index (χ0n) is 19.9. The summed E-state index contributed by atoms with van der Waals surface area (Å²) in [6.07, 6.45) is 0. The molecule has 0 radical (unpaired) electrons. The number of ether oxygens (including phenoxy) is 2. The molecule has 0 saturated carbocycles. The van der Waals surface area contributed by atoms with Crippen molar-refractivity contribution in [3.05, 3.63) is 98.4 Å². The standard InChI is InChI=1S/C26H28N2O6/c1-16-21(24(29)33-15-18-10-7-6-8-11-18)23(19-12-9-13-20(14-19)28(31)32)22(17(2)27-16)25(30)34-26(3,4)5/h6-14,23,27H,15H2,1-5H3/t23-/m1/s1. The second kappa shape index (κ2) is 9.91. The summed E-state index contributed by atoms with van der Waals surface area (Å²) in [5, 5.41) is 14.5. The van der Waals surface area contributed by atoms with Crippen LogP contribution in [0.3, 0.4) is 0 Å². The molecule has 34 heavy (non-hydrogen) atoms. The van der Waals surface area contributed by atoms with E-state index in [-0.39, 0.29) is 23.4 Å². The molecule has 0 aromatic heterocycles. The van der Waals surface area contributed by atoms with Crippen LogP contribution in [-0.2, 0) is 25.7 Å². The highest BCUT2D eigenvalue weighted by molar-refractivity contribution is 6.00. The molecule has 178 valence electrons. The number of rotatable bonds is 6. The van der Waals surface area contributed by atoms with Crippen LogP contribution in [0.5, 0.6) is 0 Å². The van der Waals surface area contributed by atoms with Crippen LogP contribution in [0.1, 0.15) is 51.7 Å². The molecule has 8 heteroatoms. The number of esters is 2. The van der Waals surface area contributed by atoms with Crippen LogP contribution in [0.4, 0.5) is 5.69 Å². The van der Waals surface area contributed by atoms with E-state index >= 15 is 0 Å². The van der Waals surface area contributed by atoms with E-state index in [2.05, 4.69) is 5.32 Å². The number of hydrogen-bond acceptors (Lipinski definition) is 7. The Kier molecular flexibility index (Phi) is 7.20. The number of allylic oxidation sites excluding steroid dienone is 2. The van der Waals surface area contributed by atoms with E-state index in [1.807, 2.05) is 30.3 Å². The van der Waals surface area contributed by atoms with Crippen LogP contribution < -0.4 is 5.32 Å². The average Bonchev–Trinajstić information content (AvgIpc) is 2.76. The number of carbonyl (C=O) groups excluding carboxylic acids is 2. The first-order valence-corrected chi connectivity index (χ1v) is 10.8. The van der Waals surface area contributed by atoms with Gasteiger partial charge in [-0.15, -0.1) is 0 Å². The van der Waals surface area contributed by atoms with E-state index in [0.29, 0.717) is 17.0 Å². The van der Waals surface area contributed by atoms with Crippen LogP contribution in [0.25, 0.3) is 0 Å². The Labute approximate surface area is 198 Å². The third-order valence-corrected chi connectivity index (χ3v) is 5.23. The minimum atomic E-state index is -0.903. The molecule has 0 spiro atoms. The lowest BCUT2D eigenvalue weighted by atomic mass is 9.80. The minimum Gasteiger partial charge on any atom is -0.457 e. The second-order valence-corrected chi connectivity index (χ2v) is 9.05. The van der Waals surface area contributed by atoms with Gasteiger partial charge in [0, 0.05) is 23.5 Å². The third kappa shape index (κ3) is 5.70. The van der Waals surface area contributed by atoms with Crippen LogP contribution in [0, 0.1) is 10.1 Å². The van der Waals surface area contributed by atoms with Crippen molar-refractivity contribution in [1.82, 2.24) is 5.32 Å². The van der Waals surface area contributed by atoms with E-state index < -0.39 is 28.4 Å². The summed E-state index contributed by atoms with van der Waals surface area (Å²) in [6, 6.07) is 15.1. The molecule has 1 aliphatic heterocycles. The van der Waals surface area contributed by atoms with Gasteiger partial charge in [0.15, 0.2) is 0 Å². The normalized spacial score (nSPS) is 16.1. The van der Waals surface area contributed by atoms with E-state index in [1.54, 1.807) is 40.7 Å². The average molecular weight is 465 g/mol. The second-order valence-electron chi connectivity index (χ2n) is 9.05. The van der Waals surface area contributed by atoms with Crippen molar-refractivity contribution in [3.8, 4) is 0 Å². The molecular formula is C26H28N2O6. The number of nitrogens with one attached hydrogen (secondary N) is 1. The van der Waals surface area contributed by atoms with Gasteiger partial charge in [0.25, 0.3) is 5.69 Å². The molecule has 8 nitrogen and oxygen atoms in total. The van der Waals surface area contributed by atoms with E-state index in [0.717, 1.165) is 5.56 Å². The summed E-state index contributed by atoms with van der Waals surface area (Å²) >= 11 is 0. The van der Waals surface area contributed by atoms with Gasteiger partial charge in [0.2, 0.25) is 0 Å². The molecule has 0 bridgehead atoms. The smallest absolute Gasteiger partial charge is 0.337 e. The van der Waals surface area contributed by atoms with Gasteiger partial charge in [-0.25, -0.2) is 9.59 Å².